The smallest absolute Gasteiger partial charge is 0.306 e. The molecule has 2 aromatic rings. The summed E-state index contributed by atoms with van der Waals surface area (Å²) in [4.78, 5) is 26.7. The number of carbonyl (C=O) groups excluding carboxylic acids is 1. The highest BCUT2D eigenvalue weighted by atomic mass is 16.5. The van der Waals surface area contributed by atoms with Gasteiger partial charge in [-0.3, -0.25) is 9.59 Å². The van der Waals surface area contributed by atoms with Crippen LogP contribution in [0.3, 0.4) is 0 Å². The van der Waals surface area contributed by atoms with Crippen molar-refractivity contribution >= 4 is 5.97 Å². The summed E-state index contributed by atoms with van der Waals surface area (Å²) < 4.78 is 9.65. The van der Waals surface area contributed by atoms with E-state index < -0.39 is 28.9 Å². The van der Waals surface area contributed by atoms with Crippen molar-refractivity contribution in [3.8, 4) is 23.0 Å². The second-order valence-electron chi connectivity index (χ2n) is 5.50. The molecule has 2 rings (SSSR count). The molecular weight excluding hydrogens is 330 g/mol. The Balaban J connectivity index is 2.69. The molecule has 8 nitrogen and oxygen atoms in total. The van der Waals surface area contributed by atoms with E-state index >= 15 is 0 Å². The van der Waals surface area contributed by atoms with Crippen LogP contribution >= 0.6 is 0 Å². The molecule has 0 radical (unpaired) electrons. The van der Waals surface area contributed by atoms with Gasteiger partial charge in [-0.2, -0.15) is 0 Å². The van der Waals surface area contributed by atoms with Crippen molar-refractivity contribution in [3.05, 3.63) is 45.4 Å². The minimum atomic E-state index is -0.919. The number of phenols is 2. The zero-order valence-electron chi connectivity index (χ0n) is 14.0. The highest BCUT2D eigenvalue weighted by molar-refractivity contribution is 5.72. The first-order chi connectivity index (χ1) is 11.8. The molecule has 8 heteroatoms. The van der Waals surface area contributed by atoms with E-state index in [0.717, 1.165) is 0 Å². The minimum Gasteiger partial charge on any atom is -0.507 e. The summed E-state index contributed by atoms with van der Waals surface area (Å²) >= 11 is 0. The fraction of sp³-hybridized carbons (Fsp3) is 0.294. The number of H-pyrrole nitrogens is 1. The predicted octanol–water partition coefficient (Wildman–Crippen LogP) is 1.50. The van der Waals surface area contributed by atoms with Gasteiger partial charge in [-0.25, -0.2) is 0 Å². The summed E-state index contributed by atoms with van der Waals surface area (Å²) in [5, 5.41) is 29.9. The van der Waals surface area contributed by atoms with Gasteiger partial charge in [0.25, 0.3) is 5.56 Å². The number of hydrogen-bond acceptors (Lipinski definition) is 7. The Kier molecular flexibility index (Phi) is 5.21. The highest BCUT2D eigenvalue weighted by Crippen LogP contribution is 2.41. The molecule has 1 heterocycles. The number of aromatic nitrogens is 1. The fourth-order valence-corrected chi connectivity index (χ4v) is 2.63. The molecule has 4 N–H and O–H groups in total. The lowest BCUT2D eigenvalue weighted by Crippen LogP contribution is -2.20. The van der Waals surface area contributed by atoms with Crippen molar-refractivity contribution in [2.24, 2.45) is 0 Å². The molecular formula is C17H19NO7. The maximum atomic E-state index is 12.3. The molecule has 1 atom stereocenters. The Morgan fingerprint density at radius 3 is 2.40 bits per heavy atom. The third kappa shape index (κ3) is 3.68. The summed E-state index contributed by atoms with van der Waals surface area (Å²) in [6, 6.07) is 3.93. The Bertz CT molecular complexity index is 857. The normalized spacial score (nSPS) is 11.8. The maximum absolute atomic E-state index is 12.3. The molecule has 0 spiro atoms. The summed E-state index contributed by atoms with van der Waals surface area (Å²) in [5.41, 5.74) is 0.123. The van der Waals surface area contributed by atoms with Crippen LogP contribution in [0.1, 0.15) is 29.2 Å². The van der Waals surface area contributed by atoms with Crippen LogP contribution in [0.15, 0.2) is 23.0 Å². The summed E-state index contributed by atoms with van der Waals surface area (Å²) in [6.45, 7) is 1.61. The number of hydrogen-bond donors (Lipinski definition) is 4. The molecule has 0 aliphatic rings. The number of aryl methyl sites for hydroxylation is 1. The minimum absolute atomic E-state index is 0.0344. The van der Waals surface area contributed by atoms with E-state index in [0.29, 0.717) is 11.3 Å². The number of ether oxygens (including phenoxy) is 2. The van der Waals surface area contributed by atoms with Gasteiger partial charge in [0, 0.05) is 11.6 Å². The van der Waals surface area contributed by atoms with Crippen LogP contribution in [-0.2, 0) is 9.53 Å². The van der Waals surface area contributed by atoms with Gasteiger partial charge in [-0.1, -0.05) is 0 Å². The molecule has 0 aliphatic heterocycles. The second kappa shape index (κ2) is 7.16. The summed E-state index contributed by atoms with van der Waals surface area (Å²) in [6.07, 6.45) is -0.260. The van der Waals surface area contributed by atoms with Crippen molar-refractivity contribution in [1.29, 1.82) is 0 Å². The van der Waals surface area contributed by atoms with E-state index in [9.17, 15) is 24.9 Å². The molecule has 134 valence electrons. The van der Waals surface area contributed by atoms with Crippen LogP contribution in [0.2, 0.25) is 0 Å². The third-order valence-corrected chi connectivity index (χ3v) is 3.83. The Morgan fingerprint density at radius 1 is 1.16 bits per heavy atom. The molecule has 0 bridgehead atoms. The average molecular weight is 349 g/mol. The van der Waals surface area contributed by atoms with Crippen molar-refractivity contribution in [2.75, 3.05) is 14.2 Å². The topological polar surface area (TPSA) is 129 Å². The SMILES string of the molecule is COC(=O)C[C@H](c1cc(O)c(O)c(OC)c1)c1c(O)cc(C)[nH]c1=O. The van der Waals surface area contributed by atoms with E-state index in [1.165, 1.54) is 32.4 Å². The number of rotatable bonds is 5. The standard InChI is InChI=1S/C17H19NO7/c1-8-4-11(19)15(17(23)18-8)10(7-14(21)25-3)9-5-12(20)16(22)13(6-9)24-2/h4-6,10,20,22H,7H2,1-3H3,(H2,18,19,23)/t10-/m1/s1. The van der Waals surface area contributed by atoms with Crippen molar-refractivity contribution in [1.82, 2.24) is 4.98 Å². The summed E-state index contributed by atoms with van der Waals surface area (Å²) in [7, 11) is 2.50. The van der Waals surface area contributed by atoms with Gasteiger partial charge < -0.3 is 29.8 Å². The van der Waals surface area contributed by atoms with Crippen LogP contribution in [0.5, 0.6) is 23.0 Å². The molecule has 0 fully saturated rings. The van der Waals surface area contributed by atoms with E-state index in [-0.39, 0.29) is 23.5 Å². The number of aromatic hydroxyl groups is 3. The predicted molar refractivity (Wildman–Crippen MR) is 88.3 cm³/mol. The number of nitrogens with one attached hydrogen (secondary N) is 1. The van der Waals surface area contributed by atoms with Crippen LogP contribution in [0, 0.1) is 6.92 Å². The lowest BCUT2D eigenvalue weighted by molar-refractivity contribution is -0.140. The first kappa shape index (κ1) is 18.2. The number of esters is 1. The van der Waals surface area contributed by atoms with Crippen LogP contribution in [0.4, 0.5) is 0 Å². The zero-order valence-corrected chi connectivity index (χ0v) is 14.0. The number of aromatic amines is 1. The van der Waals surface area contributed by atoms with Crippen molar-refractivity contribution < 1.29 is 29.6 Å². The number of methoxy groups -OCH3 is 2. The zero-order chi connectivity index (χ0) is 18.7. The average Bonchev–Trinajstić information content (AvgIpc) is 2.55. The molecule has 0 unspecified atom stereocenters. The molecule has 0 saturated heterocycles. The Morgan fingerprint density at radius 2 is 1.84 bits per heavy atom. The first-order valence-corrected chi connectivity index (χ1v) is 7.38. The van der Waals surface area contributed by atoms with Crippen LogP contribution in [0.25, 0.3) is 0 Å². The molecule has 0 aliphatic carbocycles. The van der Waals surface area contributed by atoms with E-state index in [4.69, 9.17) is 4.74 Å². The van der Waals surface area contributed by atoms with Gasteiger partial charge in [0.15, 0.2) is 11.5 Å². The highest BCUT2D eigenvalue weighted by Gasteiger charge is 2.27. The molecule has 0 saturated carbocycles. The van der Waals surface area contributed by atoms with E-state index in [1.807, 2.05) is 0 Å². The maximum Gasteiger partial charge on any atom is 0.306 e. The fourth-order valence-electron chi connectivity index (χ4n) is 2.63. The van der Waals surface area contributed by atoms with Crippen molar-refractivity contribution in [3.63, 3.8) is 0 Å². The van der Waals surface area contributed by atoms with Gasteiger partial charge in [0.1, 0.15) is 5.75 Å². The van der Waals surface area contributed by atoms with E-state index in [1.54, 1.807) is 6.92 Å². The largest absolute Gasteiger partial charge is 0.507 e. The lowest BCUT2D eigenvalue weighted by Gasteiger charge is -2.19. The van der Waals surface area contributed by atoms with Crippen molar-refractivity contribution in [2.45, 2.75) is 19.3 Å². The summed E-state index contributed by atoms with van der Waals surface area (Å²) in [5.74, 6) is -2.81. The monoisotopic (exact) mass is 349 g/mol. The quantitative estimate of drug-likeness (QED) is 0.475. The lowest BCUT2D eigenvalue weighted by atomic mass is 9.88. The number of carbonyl (C=O) groups is 1. The van der Waals surface area contributed by atoms with Gasteiger partial charge in [0.2, 0.25) is 5.75 Å². The van der Waals surface area contributed by atoms with E-state index in [2.05, 4.69) is 9.72 Å². The molecule has 1 aromatic heterocycles. The Labute approximate surface area is 143 Å². The third-order valence-electron chi connectivity index (χ3n) is 3.83. The van der Waals surface area contributed by atoms with Crippen LogP contribution in [-0.4, -0.2) is 40.5 Å². The van der Waals surface area contributed by atoms with Gasteiger partial charge in [-0.05, 0) is 30.7 Å². The molecule has 25 heavy (non-hydrogen) atoms. The molecule has 0 amide bonds. The molecule has 1 aromatic carbocycles. The Hall–Kier alpha value is -3.16. The number of phenolic OH excluding ortho intramolecular Hbond substituents is 2. The van der Waals surface area contributed by atoms with Gasteiger partial charge in [0.05, 0.1) is 26.2 Å². The van der Waals surface area contributed by atoms with Gasteiger partial charge in [-0.15, -0.1) is 0 Å². The second-order valence-corrected chi connectivity index (χ2v) is 5.50. The van der Waals surface area contributed by atoms with Gasteiger partial charge >= 0.3 is 5.97 Å². The van der Waals surface area contributed by atoms with Crippen LogP contribution < -0.4 is 10.3 Å². The number of pyridine rings is 1. The number of benzene rings is 1. The first-order valence-electron chi connectivity index (χ1n) is 7.38.